The van der Waals surface area contributed by atoms with Crippen LogP contribution in [-0.2, 0) is 14.3 Å². The highest BCUT2D eigenvalue weighted by atomic mass is 79.9. The van der Waals surface area contributed by atoms with Crippen LogP contribution in [0.1, 0.15) is 23.4 Å². The molecule has 1 aromatic carbocycles. The molecule has 2 aromatic rings. The first-order valence-electron chi connectivity index (χ1n) is 8.44. The Hall–Kier alpha value is -2.45. The Labute approximate surface area is 166 Å². The number of nitrogens with one attached hydrogen (secondary N) is 2. The summed E-state index contributed by atoms with van der Waals surface area (Å²) in [6, 6.07) is 9.99. The van der Waals surface area contributed by atoms with Gasteiger partial charge in [-0.05, 0) is 38.1 Å². The lowest BCUT2D eigenvalue weighted by molar-refractivity contribution is -0.129. The molecule has 0 unspecified atom stereocenters. The maximum Gasteiger partial charge on any atom is 0.249 e. The third-order valence-electron chi connectivity index (χ3n) is 3.88. The van der Waals surface area contributed by atoms with E-state index in [9.17, 15) is 9.59 Å². The topological polar surface area (TPSA) is 84.7 Å². The van der Waals surface area contributed by atoms with E-state index >= 15 is 0 Å². The van der Waals surface area contributed by atoms with Crippen LogP contribution in [0.4, 0.5) is 0 Å². The second kappa shape index (κ2) is 10.0. The SMILES string of the molecule is COCCNC(=O)CC(=O)N/N=C/c1cc(C)n(-c2cccc(Br)c2)c1C. The van der Waals surface area contributed by atoms with Crippen LogP contribution >= 0.6 is 15.9 Å². The predicted octanol–water partition coefficient (Wildman–Crippen LogP) is 2.46. The zero-order chi connectivity index (χ0) is 19.8. The molecular formula is C19H23BrN4O3. The van der Waals surface area contributed by atoms with Crippen molar-refractivity contribution in [3.05, 3.63) is 51.8 Å². The molecule has 7 nitrogen and oxygen atoms in total. The maximum absolute atomic E-state index is 11.8. The number of hydrogen-bond acceptors (Lipinski definition) is 4. The van der Waals surface area contributed by atoms with Gasteiger partial charge in [0, 0.05) is 40.8 Å². The number of hydrogen-bond donors (Lipinski definition) is 2. The van der Waals surface area contributed by atoms with Crippen molar-refractivity contribution in [1.29, 1.82) is 0 Å². The highest BCUT2D eigenvalue weighted by Gasteiger charge is 2.10. The number of amides is 2. The number of hydrazone groups is 1. The quantitative estimate of drug-likeness (QED) is 0.289. The lowest BCUT2D eigenvalue weighted by Crippen LogP contribution is -2.31. The molecule has 0 bridgehead atoms. The fourth-order valence-corrected chi connectivity index (χ4v) is 3.03. The summed E-state index contributed by atoms with van der Waals surface area (Å²) < 4.78 is 7.94. The summed E-state index contributed by atoms with van der Waals surface area (Å²) in [5, 5.41) is 6.55. The molecule has 0 aliphatic rings. The average Bonchev–Trinajstić information content (AvgIpc) is 2.89. The monoisotopic (exact) mass is 434 g/mol. The average molecular weight is 435 g/mol. The van der Waals surface area contributed by atoms with Gasteiger partial charge in [0.05, 0.1) is 12.8 Å². The van der Waals surface area contributed by atoms with E-state index in [2.05, 4.69) is 36.3 Å². The van der Waals surface area contributed by atoms with Crippen LogP contribution < -0.4 is 10.7 Å². The fraction of sp³-hybridized carbons (Fsp3) is 0.316. The molecule has 0 radical (unpaired) electrons. The van der Waals surface area contributed by atoms with Gasteiger partial charge in [-0.15, -0.1) is 0 Å². The van der Waals surface area contributed by atoms with Crippen molar-refractivity contribution < 1.29 is 14.3 Å². The number of benzene rings is 1. The zero-order valence-electron chi connectivity index (χ0n) is 15.6. The number of nitrogens with zero attached hydrogens (tertiary/aromatic N) is 2. The fourth-order valence-electron chi connectivity index (χ4n) is 2.65. The Balaban J connectivity index is 1.99. The highest BCUT2D eigenvalue weighted by Crippen LogP contribution is 2.22. The van der Waals surface area contributed by atoms with Crippen LogP contribution in [0.3, 0.4) is 0 Å². The van der Waals surface area contributed by atoms with E-state index < -0.39 is 5.91 Å². The highest BCUT2D eigenvalue weighted by molar-refractivity contribution is 9.10. The summed E-state index contributed by atoms with van der Waals surface area (Å²) in [6.07, 6.45) is 1.30. The van der Waals surface area contributed by atoms with Crippen LogP contribution in [0.2, 0.25) is 0 Å². The predicted molar refractivity (Wildman–Crippen MR) is 108 cm³/mol. The smallest absolute Gasteiger partial charge is 0.249 e. The number of aryl methyl sites for hydroxylation is 1. The van der Waals surface area contributed by atoms with E-state index in [0.717, 1.165) is 27.1 Å². The van der Waals surface area contributed by atoms with Gasteiger partial charge in [-0.1, -0.05) is 22.0 Å². The third-order valence-corrected chi connectivity index (χ3v) is 4.37. The minimum atomic E-state index is -0.470. The van der Waals surface area contributed by atoms with Crippen molar-refractivity contribution in [2.75, 3.05) is 20.3 Å². The van der Waals surface area contributed by atoms with Gasteiger partial charge in [0.25, 0.3) is 0 Å². The van der Waals surface area contributed by atoms with Gasteiger partial charge in [-0.3, -0.25) is 9.59 Å². The number of methoxy groups -OCH3 is 1. The van der Waals surface area contributed by atoms with Crippen molar-refractivity contribution in [3.63, 3.8) is 0 Å². The zero-order valence-corrected chi connectivity index (χ0v) is 17.2. The minimum absolute atomic E-state index is 0.280. The second-order valence-corrected chi connectivity index (χ2v) is 6.87. The van der Waals surface area contributed by atoms with Crippen molar-refractivity contribution in [2.24, 2.45) is 5.10 Å². The Morgan fingerprint density at radius 3 is 2.74 bits per heavy atom. The van der Waals surface area contributed by atoms with Crippen LogP contribution in [0, 0.1) is 13.8 Å². The number of halogens is 1. The van der Waals surface area contributed by atoms with Gasteiger partial charge in [-0.2, -0.15) is 5.10 Å². The number of rotatable bonds is 8. The molecule has 0 atom stereocenters. The summed E-state index contributed by atoms with van der Waals surface area (Å²) in [7, 11) is 1.54. The van der Waals surface area contributed by atoms with E-state index in [-0.39, 0.29) is 12.3 Å². The minimum Gasteiger partial charge on any atom is -0.383 e. The van der Waals surface area contributed by atoms with E-state index in [1.807, 2.05) is 44.2 Å². The summed E-state index contributed by atoms with van der Waals surface area (Å²) in [5.41, 5.74) is 6.36. The van der Waals surface area contributed by atoms with E-state index in [4.69, 9.17) is 4.74 Å². The van der Waals surface area contributed by atoms with Crippen molar-refractivity contribution in [2.45, 2.75) is 20.3 Å². The lowest BCUT2D eigenvalue weighted by Gasteiger charge is -2.09. The van der Waals surface area contributed by atoms with Gasteiger partial charge in [0.2, 0.25) is 11.8 Å². The molecule has 0 fully saturated rings. The first-order valence-corrected chi connectivity index (χ1v) is 9.24. The van der Waals surface area contributed by atoms with Crippen molar-refractivity contribution >= 4 is 34.0 Å². The Morgan fingerprint density at radius 1 is 1.26 bits per heavy atom. The van der Waals surface area contributed by atoms with Gasteiger partial charge in [-0.25, -0.2) is 5.43 Å². The van der Waals surface area contributed by atoms with Gasteiger partial charge in [0.1, 0.15) is 6.42 Å². The van der Waals surface area contributed by atoms with Crippen LogP contribution in [0.25, 0.3) is 5.69 Å². The van der Waals surface area contributed by atoms with Crippen LogP contribution in [0.5, 0.6) is 0 Å². The van der Waals surface area contributed by atoms with Gasteiger partial charge >= 0.3 is 0 Å². The molecule has 1 aromatic heterocycles. The number of aromatic nitrogens is 1. The molecule has 144 valence electrons. The summed E-state index contributed by atoms with van der Waals surface area (Å²) in [6.45, 7) is 4.76. The van der Waals surface area contributed by atoms with E-state index in [1.54, 1.807) is 13.3 Å². The molecular weight excluding hydrogens is 412 g/mol. The first-order chi connectivity index (χ1) is 12.9. The standard InChI is InChI=1S/C19H23BrN4O3/c1-13-9-15(14(2)24(13)17-6-4-5-16(20)10-17)12-22-23-19(26)11-18(25)21-7-8-27-3/h4-6,9-10,12H,7-8,11H2,1-3H3,(H,21,25)(H,23,26)/b22-12+. The number of ether oxygens (including phenoxy) is 1. The number of carbonyl (C=O) groups excluding carboxylic acids is 2. The summed E-state index contributed by atoms with van der Waals surface area (Å²) in [5.74, 6) is -0.838. The Kier molecular flexibility index (Phi) is 7.75. The Bertz CT molecular complexity index is 845. The van der Waals surface area contributed by atoms with Crippen LogP contribution in [0.15, 0.2) is 39.9 Å². The molecule has 2 amide bonds. The molecule has 0 aliphatic carbocycles. The van der Waals surface area contributed by atoms with Gasteiger partial charge in [0.15, 0.2) is 0 Å². The molecule has 27 heavy (non-hydrogen) atoms. The molecule has 2 N–H and O–H groups in total. The largest absolute Gasteiger partial charge is 0.383 e. The molecule has 0 saturated heterocycles. The third kappa shape index (κ3) is 6.04. The van der Waals surface area contributed by atoms with Crippen molar-refractivity contribution in [3.8, 4) is 5.69 Å². The molecule has 8 heteroatoms. The van der Waals surface area contributed by atoms with Crippen LogP contribution in [-0.4, -0.2) is 42.9 Å². The summed E-state index contributed by atoms with van der Waals surface area (Å²) in [4.78, 5) is 23.3. The normalized spacial score (nSPS) is 11.0. The van der Waals surface area contributed by atoms with Gasteiger partial charge < -0.3 is 14.6 Å². The van der Waals surface area contributed by atoms with E-state index in [1.165, 1.54) is 0 Å². The summed E-state index contributed by atoms with van der Waals surface area (Å²) >= 11 is 3.49. The first kappa shape index (κ1) is 20.9. The molecule has 2 rings (SSSR count). The van der Waals surface area contributed by atoms with Crippen molar-refractivity contribution in [1.82, 2.24) is 15.3 Å². The molecule has 0 spiro atoms. The molecule has 0 saturated carbocycles. The molecule has 1 heterocycles. The number of carbonyl (C=O) groups is 2. The lowest BCUT2D eigenvalue weighted by atomic mass is 10.2. The second-order valence-electron chi connectivity index (χ2n) is 5.95. The maximum atomic E-state index is 11.8. The molecule has 0 aliphatic heterocycles. The van der Waals surface area contributed by atoms with E-state index in [0.29, 0.717) is 13.2 Å². The Morgan fingerprint density at radius 2 is 2.04 bits per heavy atom.